The van der Waals surface area contributed by atoms with Crippen molar-refractivity contribution >= 4 is 40.9 Å². The van der Waals surface area contributed by atoms with Crippen LogP contribution in [-0.4, -0.2) is 31.0 Å². The molecule has 0 fully saturated rings. The fraction of sp³-hybridized carbons (Fsp3) is 0.235. The number of thioether (sulfide) groups is 1. The van der Waals surface area contributed by atoms with Crippen LogP contribution in [0.15, 0.2) is 47.4 Å². The average molecular weight is 385 g/mol. The summed E-state index contributed by atoms with van der Waals surface area (Å²) in [6.07, 6.45) is -0.750. The van der Waals surface area contributed by atoms with Crippen LogP contribution in [0.4, 0.5) is 0 Å². The lowest BCUT2D eigenvalue weighted by atomic mass is 10.2. The number of halogens is 2. The lowest BCUT2D eigenvalue weighted by Gasteiger charge is -2.24. The number of fused-ring (bicyclic) bond motifs is 1. The number of hydrogen-bond acceptors (Lipinski definition) is 5. The first-order chi connectivity index (χ1) is 11.6. The minimum atomic E-state index is -0.750. The molecule has 24 heavy (non-hydrogen) atoms. The number of hydrogen-bond donors (Lipinski definition) is 0. The first-order valence-electron chi connectivity index (χ1n) is 7.26. The fourth-order valence-corrected chi connectivity index (χ4v) is 3.43. The predicted octanol–water partition coefficient (Wildman–Crippen LogP) is 4.47. The largest absolute Gasteiger partial charge is 0.485 e. The van der Waals surface area contributed by atoms with E-state index in [0.717, 1.165) is 4.90 Å². The van der Waals surface area contributed by atoms with E-state index in [2.05, 4.69) is 0 Å². The van der Waals surface area contributed by atoms with E-state index in [-0.39, 0.29) is 13.2 Å². The number of para-hydroxylation sites is 2. The summed E-state index contributed by atoms with van der Waals surface area (Å²) < 4.78 is 16.3. The molecule has 0 amide bonds. The molecule has 1 heterocycles. The zero-order chi connectivity index (χ0) is 16.9. The van der Waals surface area contributed by atoms with Crippen LogP contribution in [0.1, 0.15) is 0 Å². The van der Waals surface area contributed by atoms with Crippen LogP contribution in [0.5, 0.6) is 11.5 Å². The van der Waals surface area contributed by atoms with Crippen molar-refractivity contribution in [2.45, 2.75) is 11.0 Å². The van der Waals surface area contributed by atoms with Crippen molar-refractivity contribution in [1.82, 2.24) is 0 Å². The molecule has 4 nitrogen and oxygen atoms in total. The first-order valence-corrected chi connectivity index (χ1v) is 9.00. The summed E-state index contributed by atoms with van der Waals surface area (Å²) in [6, 6.07) is 12.5. The monoisotopic (exact) mass is 384 g/mol. The van der Waals surface area contributed by atoms with Crippen LogP contribution < -0.4 is 9.47 Å². The lowest BCUT2D eigenvalue weighted by Crippen LogP contribution is -2.38. The minimum absolute atomic E-state index is 0.142. The van der Waals surface area contributed by atoms with E-state index in [1.807, 2.05) is 12.1 Å². The van der Waals surface area contributed by atoms with Gasteiger partial charge in [-0.1, -0.05) is 35.3 Å². The smallest absolute Gasteiger partial charge is 0.351 e. The van der Waals surface area contributed by atoms with Crippen LogP contribution in [-0.2, 0) is 9.53 Å². The third kappa shape index (κ3) is 4.29. The van der Waals surface area contributed by atoms with Crippen molar-refractivity contribution in [2.24, 2.45) is 0 Å². The summed E-state index contributed by atoms with van der Waals surface area (Å²) in [5.74, 6) is 1.30. The summed E-state index contributed by atoms with van der Waals surface area (Å²) in [5, 5.41) is 1.24. The third-order valence-corrected chi connectivity index (χ3v) is 4.95. The Morgan fingerprint density at radius 1 is 1.21 bits per heavy atom. The second-order valence-corrected chi connectivity index (χ2v) is 6.94. The molecule has 1 atom stereocenters. The summed E-state index contributed by atoms with van der Waals surface area (Å²) in [7, 11) is 0. The quantitative estimate of drug-likeness (QED) is 0.432. The molecule has 0 aromatic heterocycles. The minimum Gasteiger partial charge on any atom is -0.485 e. The van der Waals surface area contributed by atoms with Crippen molar-refractivity contribution in [1.29, 1.82) is 0 Å². The highest BCUT2D eigenvalue weighted by molar-refractivity contribution is 7.99. The molecule has 0 saturated heterocycles. The Labute approximate surface area is 154 Å². The Balaban J connectivity index is 1.46. The summed E-state index contributed by atoms with van der Waals surface area (Å²) in [5.41, 5.74) is 0. The SMILES string of the molecule is O=C(OCCSc1cc(Cl)ccc1Cl)[C@@H]1COc2ccccc2O1. The van der Waals surface area contributed by atoms with Crippen LogP contribution in [0.3, 0.4) is 0 Å². The molecular formula is C17H14Cl2O4S. The maximum absolute atomic E-state index is 12.1. The molecular weight excluding hydrogens is 371 g/mol. The number of carbonyl (C=O) groups is 1. The van der Waals surface area contributed by atoms with E-state index in [9.17, 15) is 4.79 Å². The van der Waals surface area contributed by atoms with Crippen LogP contribution in [0.25, 0.3) is 0 Å². The second kappa shape index (κ2) is 8.01. The summed E-state index contributed by atoms with van der Waals surface area (Å²) in [4.78, 5) is 12.9. The van der Waals surface area contributed by atoms with Gasteiger partial charge >= 0.3 is 5.97 Å². The molecule has 0 N–H and O–H groups in total. The van der Waals surface area contributed by atoms with Crippen LogP contribution in [0.2, 0.25) is 10.0 Å². The van der Waals surface area contributed by atoms with Gasteiger partial charge in [0.2, 0.25) is 6.10 Å². The Kier molecular flexibility index (Phi) is 5.76. The number of ether oxygens (including phenoxy) is 3. The van der Waals surface area contributed by atoms with Gasteiger partial charge in [0.1, 0.15) is 13.2 Å². The molecule has 2 aromatic rings. The zero-order valence-electron chi connectivity index (χ0n) is 12.5. The van der Waals surface area contributed by atoms with E-state index < -0.39 is 12.1 Å². The van der Waals surface area contributed by atoms with E-state index in [1.165, 1.54) is 11.8 Å². The molecule has 0 spiro atoms. The van der Waals surface area contributed by atoms with Gasteiger partial charge in [-0.3, -0.25) is 0 Å². The second-order valence-electron chi connectivity index (χ2n) is 4.95. The van der Waals surface area contributed by atoms with E-state index in [0.29, 0.717) is 27.3 Å². The molecule has 0 aliphatic carbocycles. The van der Waals surface area contributed by atoms with E-state index in [1.54, 1.807) is 30.3 Å². The van der Waals surface area contributed by atoms with Crippen molar-refractivity contribution in [3.8, 4) is 11.5 Å². The highest BCUT2D eigenvalue weighted by Crippen LogP contribution is 2.31. The summed E-state index contributed by atoms with van der Waals surface area (Å²) >= 11 is 13.5. The van der Waals surface area contributed by atoms with Gasteiger partial charge < -0.3 is 14.2 Å². The highest BCUT2D eigenvalue weighted by Gasteiger charge is 2.28. The van der Waals surface area contributed by atoms with Crippen molar-refractivity contribution in [2.75, 3.05) is 19.0 Å². The molecule has 1 aliphatic heterocycles. The number of esters is 1. The predicted molar refractivity (Wildman–Crippen MR) is 94.5 cm³/mol. The first kappa shape index (κ1) is 17.3. The molecule has 3 rings (SSSR count). The Morgan fingerprint density at radius 3 is 2.83 bits per heavy atom. The summed E-state index contributed by atoms with van der Waals surface area (Å²) in [6.45, 7) is 0.386. The van der Waals surface area contributed by atoms with Gasteiger partial charge in [0.25, 0.3) is 0 Å². The maximum Gasteiger partial charge on any atom is 0.351 e. The average Bonchev–Trinajstić information content (AvgIpc) is 2.61. The Hall–Kier alpha value is -1.56. The zero-order valence-corrected chi connectivity index (χ0v) is 14.9. The van der Waals surface area contributed by atoms with Crippen molar-refractivity contribution in [3.63, 3.8) is 0 Å². The van der Waals surface area contributed by atoms with E-state index >= 15 is 0 Å². The standard InChI is InChI=1S/C17H14Cl2O4S/c18-11-5-6-12(19)16(9-11)24-8-7-21-17(20)15-10-22-13-3-1-2-4-14(13)23-15/h1-6,9,15H,7-8,10H2/t15-/m0/s1. The van der Waals surface area contributed by atoms with Crippen molar-refractivity contribution < 1.29 is 19.0 Å². The molecule has 0 saturated carbocycles. The van der Waals surface area contributed by atoms with Gasteiger partial charge in [0, 0.05) is 15.7 Å². The molecule has 0 radical (unpaired) electrons. The van der Waals surface area contributed by atoms with Gasteiger partial charge in [-0.05, 0) is 30.3 Å². The topological polar surface area (TPSA) is 44.8 Å². The normalized spacial score (nSPS) is 15.8. The number of carbonyl (C=O) groups excluding carboxylic acids is 1. The fourth-order valence-electron chi connectivity index (χ4n) is 2.11. The maximum atomic E-state index is 12.1. The van der Waals surface area contributed by atoms with Crippen LogP contribution >= 0.6 is 35.0 Å². The highest BCUT2D eigenvalue weighted by atomic mass is 35.5. The Bertz CT molecular complexity index is 738. The molecule has 126 valence electrons. The molecule has 7 heteroatoms. The van der Waals surface area contributed by atoms with E-state index in [4.69, 9.17) is 37.4 Å². The van der Waals surface area contributed by atoms with Gasteiger partial charge in [-0.25, -0.2) is 4.79 Å². The lowest BCUT2D eigenvalue weighted by molar-refractivity contribution is -0.153. The third-order valence-electron chi connectivity index (χ3n) is 3.25. The van der Waals surface area contributed by atoms with Gasteiger partial charge in [0.05, 0.1) is 5.02 Å². The molecule has 2 aromatic carbocycles. The van der Waals surface area contributed by atoms with Crippen molar-refractivity contribution in [3.05, 3.63) is 52.5 Å². The number of rotatable bonds is 5. The molecule has 1 aliphatic rings. The number of benzene rings is 2. The van der Waals surface area contributed by atoms with Crippen LogP contribution in [0, 0.1) is 0 Å². The van der Waals surface area contributed by atoms with Gasteiger partial charge in [0.15, 0.2) is 11.5 Å². The van der Waals surface area contributed by atoms with Gasteiger partial charge in [-0.15, -0.1) is 11.8 Å². The molecule has 0 bridgehead atoms. The Morgan fingerprint density at radius 2 is 2.00 bits per heavy atom. The molecule has 0 unspecified atom stereocenters. The van der Waals surface area contributed by atoms with Gasteiger partial charge in [-0.2, -0.15) is 0 Å².